The maximum atomic E-state index is 13.8. The summed E-state index contributed by atoms with van der Waals surface area (Å²) >= 11 is 0. The molecule has 0 bridgehead atoms. The van der Waals surface area contributed by atoms with E-state index < -0.39 is 17.4 Å². The molecule has 0 atom stereocenters. The lowest BCUT2D eigenvalue weighted by molar-refractivity contribution is 0.103. The van der Waals surface area contributed by atoms with Crippen molar-refractivity contribution < 1.29 is 18.7 Å². The molecule has 0 saturated carbocycles. The Hall–Kier alpha value is -3.28. The highest BCUT2D eigenvalue weighted by Gasteiger charge is 2.20. The normalized spacial score (nSPS) is 10.6. The van der Waals surface area contributed by atoms with Crippen LogP contribution in [0.3, 0.4) is 0 Å². The molecule has 2 aromatic carbocycles. The van der Waals surface area contributed by atoms with Crippen molar-refractivity contribution in [2.45, 2.75) is 0 Å². The number of phenolic OH excluding ortho intramolecular Hbond substituents is 1. The predicted octanol–water partition coefficient (Wildman–Crippen LogP) is 3.55. The number of carbonyl (C=O) groups excluding carboxylic acids is 1. The van der Waals surface area contributed by atoms with Crippen molar-refractivity contribution in [3.8, 4) is 17.0 Å². The smallest absolute Gasteiger partial charge is 0.198 e. The Morgan fingerprint density at radius 1 is 1.04 bits per heavy atom. The lowest BCUT2D eigenvalue weighted by Gasteiger charge is -2.11. The van der Waals surface area contributed by atoms with Crippen molar-refractivity contribution >= 4 is 11.5 Å². The number of hydrogen-bond acceptors (Lipinski definition) is 4. The van der Waals surface area contributed by atoms with Gasteiger partial charge in [0.15, 0.2) is 5.78 Å². The summed E-state index contributed by atoms with van der Waals surface area (Å²) in [6.45, 7) is 0. The van der Waals surface area contributed by atoms with Crippen LogP contribution in [0.15, 0.2) is 54.7 Å². The van der Waals surface area contributed by atoms with Gasteiger partial charge in [-0.15, -0.1) is 0 Å². The summed E-state index contributed by atoms with van der Waals surface area (Å²) in [7, 11) is 0. The maximum Gasteiger partial charge on any atom is 0.198 e. The van der Waals surface area contributed by atoms with Crippen LogP contribution in [0.1, 0.15) is 15.9 Å². The van der Waals surface area contributed by atoms with E-state index in [2.05, 4.69) is 4.98 Å². The molecule has 0 aliphatic carbocycles. The fourth-order valence-corrected chi connectivity index (χ4v) is 2.38. The molecule has 0 aliphatic rings. The van der Waals surface area contributed by atoms with E-state index in [-0.39, 0.29) is 28.3 Å². The van der Waals surface area contributed by atoms with Crippen LogP contribution < -0.4 is 5.73 Å². The minimum absolute atomic E-state index is 0.00715. The van der Waals surface area contributed by atoms with Gasteiger partial charge in [0.05, 0.1) is 16.9 Å². The molecule has 3 rings (SSSR count). The number of benzene rings is 2. The van der Waals surface area contributed by atoms with Crippen LogP contribution >= 0.6 is 0 Å². The number of nitrogens with two attached hydrogens (primary N) is 1. The van der Waals surface area contributed by atoms with Crippen LogP contribution in [0.5, 0.6) is 5.75 Å². The Labute approximate surface area is 136 Å². The Morgan fingerprint density at radius 3 is 2.50 bits per heavy atom. The number of aromatic nitrogens is 1. The number of nitrogen functional groups attached to an aromatic ring is 1. The van der Waals surface area contributed by atoms with Gasteiger partial charge in [0.1, 0.15) is 17.4 Å². The van der Waals surface area contributed by atoms with E-state index in [0.29, 0.717) is 11.6 Å². The van der Waals surface area contributed by atoms with Crippen molar-refractivity contribution in [2.24, 2.45) is 0 Å². The van der Waals surface area contributed by atoms with Crippen LogP contribution in [0.2, 0.25) is 0 Å². The van der Waals surface area contributed by atoms with Crippen LogP contribution in [-0.2, 0) is 0 Å². The first-order chi connectivity index (χ1) is 11.5. The van der Waals surface area contributed by atoms with E-state index in [1.165, 1.54) is 18.3 Å². The highest BCUT2D eigenvalue weighted by molar-refractivity contribution is 6.13. The average Bonchev–Trinajstić information content (AvgIpc) is 2.55. The van der Waals surface area contributed by atoms with Gasteiger partial charge < -0.3 is 10.8 Å². The monoisotopic (exact) mass is 326 g/mol. The van der Waals surface area contributed by atoms with Gasteiger partial charge in [-0.3, -0.25) is 9.78 Å². The third-order valence-electron chi connectivity index (χ3n) is 3.57. The standard InChI is InChI=1S/C18H12F2N2O2/c19-10-5-6-11(14(20)9-10)18(24)13-7-8-22-17(16(13)21)12-3-1-2-4-15(12)23/h1-9,23H,21H2. The molecule has 6 heteroatoms. The molecule has 0 aliphatic heterocycles. The Morgan fingerprint density at radius 2 is 1.79 bits per heavy atom. The number of aromatic hydroxyl groups is 1. The molecule has 0 unspecified atom stereocenters. The highest BCUT2D eigenvalue weighted by atomic mass is 19.1. The molecule has 1 heterocycles. The average molecular weight is 326 g/mol. The molecular formula is C18H12F2N2O2. The van der Waals surface area contributed by atoms with Gasteiger partial charge in [-0.2, -0.15) is 0 Å². The maximum absolute atomic E-state index is 13.8. The molecule has 120 valence electrons. The molecule has 24 heavy (non-hydrogen) atoms. The third kappa shape index (κ3) is 2.69. The number of anilines is 1. The van der Waals surface area contributed by atoms with E-state index in [1.807, 2.05) is 0 Å². The number of phenols is 1. The summed E-state index contributed by atoms with van der Waals surface area (Å²) in [5, 5.41) is 9.93. The summed E-state index contributed by atoms with van der Waals surface area (Å²) in [5.74, 6) is -2.49. The van der Waals surface area contributed by atoms with Crippen molar-refractivity contribution in [1.82, 2.24) is 4.98 Å². The van der Waals surface area contributed by atoms with Gasteiger partial charge in [0, 0.05) is 23.4 Å². The number of nitrogens with zero attached hydrogens (tertiary/aromatic N) is 1. The van der Waals surface area contributed by atoms with Gasteiger partial charge in [-0.1, -0.05) is 12.1 Å². The topological polar surface area (TPSA) is 76.2 Å². The van der Waals surface area contributed by atoms with Crippen molar-refractivity contribution in [3.63, 3.8) is 0 Å². The second kappa shape index (κ2) is 6.08. The molecule has 0 fully saturated rings. The summed E-state index contributed by atoms with van der Waals surface area (Å²) in [4.78, 5) is 16.6. The van der Waals surface area contributed by atoms with Gasteiger partial charge in [-0.25, -0.2) is 8.78 Å². The van der Waals surface area contributed by atoms with Crippen molar-refractivity contribution in [2.75, 3.05) is 5.73 Å². The minimum atomic E-state index is -0.972. The summed E-state index contributed by atoms with van der Waals surface area (Å²) in [6.07, 6.45) is 1.34. The molecule has 0 saturated heterocycles. The molecule has 1 aromatic heterocycles. The molecule has 0 radical (unpaired) electrons. The van der Waals surface area contributed by atoms with Gasteiger partial charge in [0.2, 0.25) is 0 Å². The first-order valence-corrected chi connectivity index (χ1v) is 7.01. The summed E-state index contributed by atoms with van der Waals surface area (Å²) < 4.78 is 26.9. The Bertz CT molecular complexity index is 942. The van der Waals surface area contributed by atoms with Gasteiger partial charge in [-0.05, 0) is 30.3 Å². The van der Waals surface area contributed by atoms with E-state index in [9.17, 15) is 18.7 Å². The highest BCUT2D eigenvalue weighted by Crippen LogP contribution is 2.33. The predicted molar refractivity (Wildman–Crippen MR) is 85.5 cm³/mol. The molecular weight excluding hydrogens is 314 g/mol. The number of hydrogen-bond donors (Lipinski definition) is 2. The van der Waals surface area contributed by atoms with E-state index in [0.717, 1.165) is 12.1 Å². The molecule has 4 nitrogen and oxygen atoms in total. The second-order valence-electron chi connectivity index (χ2n) is 5.09. The largest absolute Gasteiger partial charge is 0.507 e. The van der Waals surface area contributed by atoms with E-state index >= 15 is 0 Å². The molecule has 3 N–H and O–H groups in total. The minimum Gasteiger partial charge on any atom is -0.507 e. The molecule has 0 spiro atoms. The van der Waals surface area contributed by atoms with Gasteiger partial charge in [0.25, 0.3) is 0 Å². The van der Waals surface area contributed by atoms with Crippen LogP contribution in [-0.4, -0.2) is 15.9 Å². The Kier molecular flexibility index (Phi) is 3.95. The number of ketones is 1. The third-order valence-corrected chi connectivity index (χ3v) is 3.57. The van der Waals surface area contributed by atoms with Crippen LogP contribution in [0.4, 0.5) is 14.5 Å². The number of pyridine rings is 1. The second-order valence-corrected chi connectivity index (χ2v) is 5.09. The lowest BCUT2D eigenvalue weighted by Crippen LogP contribution is -2.09. The zero-order valence-corrected chi connectivity index (χ0v) is 12.3. The number of rotatable bonds is 3. The fraction of sp³-hybridized carbons (Fsp3) is 0. The van der Waals surface area contributed by atoms with Gasteiger partial charge >= 0.3 is 0 Å². The van der Waals surface area contributed by atoms with Crippen LogP contribution in [0, 0.1) is 11.6 Å². The SMILES string of the molecule is Nc1c(C(=O)c2ccc(F)cc2F)ccnc1-c1ccccc1O. The Balaban J connectivity index is 2.12. The summed E-state index contributed by atoms with van der Waals surface area (Å²) in [5.41, 5.74) is 6.31. The fourth-order valence-electron chi connectivity index (χ4n) is 2.38. The van der Waals surface area contributed by atoms with E-state index in [4.69, 9.17) is 5.73 Å². The number of para-hydroxylation sites is 1. The van der Waals surface area contributed by atoms with Crippen LogP contribution in [0.25, 0.3) is 11.3 Å². The lowest BCUT2D eigenvalue weighted by atomic mass is 9.99. The van der Waals surface area contributed by atoms with Crippen molar-refractivity contribution in [1.29, 1.82) is 0 Å². The molecule has 3 aromatic rings. The van der Waals surface area contributed by atoms with Crippen molar-refractivity contribution in [3.05, 3.63) is 77.5 Å². The zero-order chi connectivity index (χ0) is 17.3. The first kappa shape index (κ1) is 15.6. The molecule has 0 amide bonds. The number of carbonyl (C=O) groups is 1. The summed E-state index contributed by atoms with van der Waals surface area (Å²) in [6, 6.07) is 10.4. The zero-order valence-electron chi connectivity index (χ0n) is 12.3. The van der Waals surface area contributed by atoms with E-state index in [1.54, 1.807) is 18.2 Å². The first-order valence-electron chi connectivity index (χ1n) is 7.01. The quantitative estimate of drug-likeness (QED) is 0.722. The number of halogens is 2.